The second-order valence-electron chi connectivity index (χ2n) is 5.37. The number of unbranched alkanes of at least 4 members (excludes halogenated alkanes) is 2. The Morgan fingerprint density at radius 1 is 1.37 bits per heavy atom. The van der Waals surface area contributed by atoms with Gasteiger partial charge in [0.2, 0.25) is 0 Å². The predicted molar refractivity (Wildman–Crippen MR) is 79.3 cm³/mol. The van der Waals surface area contributed by atoms with Crippen LogP contribution in [-0.2, 0) is 4.79 Å². The maximum absolute atomic E-state index is 11.6. The van der Waals surface area contributed by atoms with Gasteiger partial charge >= 0.3 is 5.97 Å². The average molecular weight is 263 g/mol. The molecule has 0 saturated carbocycles. The van der Waals surface area contributed by atoms with Crippen molar-refractivity contribution >= 4 is 11.7 Å². The van der Waals surface area contributed by atoms with Gasteiger partial charge in [0.25, 0.3) is 0 Å². The van der Waals surface area contributed by atoms with Gasteiger partial charge in [-0.2, -0.15) is 0 Å². The van der Waals surface area contributed by atoms with Crippen molar-refractivity contribution in [2.75, 3.05) is 5.73 Å². The van der Waals surface area contributed by atoms with Crippen LogP contribution in [-0.4, -0.2) is 11.1 Å². The van der Waals surface area contributed by atoms with Crippen LogP contribution in [0.15, 0.2) is 18.2 Å². The quantitative estimate of drug-likeness (QED) is 0.578. The van der Waals surface area contributed by atoms with E-state index in [1.54, 1.807) is 0 Å². The molecule has 2 unspecified atom stereocenters. The van der Waals surface area contributed by atoms with Crippen LogP contribution in [0.5, 0.6) is 0 Å². The minimum Gasteiger partial charge on any atom is -0.481 e. The first-order valence-corrected chi connectivity index (χ1v) is 7.06. The summed E-state index contributed by atoms with van der Waals surface area (Å²) in [5.41, 5.74) is 8.38. The topological polar surface area (TPSA) is 63.3 Å². The molecule has 0 aliphatic heterocycles. The number of carbonyl (C=O) groups is 1. The molecule has 0 bridgehead atoms. The van der Waals surface area contributed by atoms with Gasteiger partial charge in [-0.25, -0.2) is 0 Å². The Balaban J connectivity index is 2.94. The summed E-state index contributed by atoms with van der Waals surface area (Å²) in [6, 6.07) is 5.65. The van der Waals surface area contributed by atoms with Gasteiger partial charge in [0, 0.05) is 5.69 Å². The Hall–Kier alpha value is -1.51. The summed E-state index contributed by atoms with van der Waals surface area (Å²) < 4.78 is 0. The van der Waals surface area contributed by atoms with Crippen LogP contribution in [0.2, 0.25) is 0 Å². The zero-order chi connectivity index (χ0) is 14.4. The first-order valence-electron chi connectivity index (χ1n) is 7.06. The number of carboxylic acids is 1. The molecule has 3 nitrogen and oxygen atoms in total. The summed E-state index contributed by atoms with van der Waals surface area (Å²) in [5, 5.41) is 9.51. The van der Waals surface area contributed by atoms with E-state index in [1.165, 1.54) is 0 Å². The Labute approximate surface area is 115 Å². The normalized spacial score (nSPS) is 14.1. The average Bonchev–Trinajstić information content (AvgIpc) is 2.35. The molecule has 0 amide bonds. The van der Waals surface area contributed by atoms with E-state index >= 15 is 0 Å². The number of aliphatic carboxylic acids is 1. The van der Waals surface area contributed by atoms with Crippen LogP contribution in [0.1, 0.15) is 56.6 Å². The van der Waals surface area contributed by atoms with Gasteiger partial charge in [0.05, 0.1) is 5.92 Å². The molecule has 19 heavy (non-hydrogen) atoms. The minimum atomic E-state index is -0.777. The summed E-state index contributed by atoms with van der Waals surface area (Å²) >= 11 is 0. The first kappa shape index (κ1) is 15.5. The van der Waals surface area contributed by atoms with E-state index in [4.69, 9.17) is 5.73 Å². The molecule has 1 aromatic rings. The van der Waals surface area contributed by atoms with E-state index in [1.807, 2.05) is 32.0 Å². The van der Waals surface area contributed by atoms with Gasteiger partial charge in [-0.3, -0.25) is 4.79 Å². The highest BCUT2D eigenvalue weighted by Gasteiger charge is 2.28. The smallest absolute Gasteiger partial charge is 0.311 e. The van der Waals surface area contributed by atoms with E-state index < -0.39 is 11.9 Å². The van der Waals surface area contributed by atoms with E-state index in [9.17, 15) is 9.90 Å². The fourth-order valence-electron chi connectivity index (χ4n) is 2.54. The molecule has 0 fully saturated rings. The SMILES string of the molecule is CCCCCC(C)C(C(=O)O)c1cccc(C)c1N. The number of carboxylic acid groups (broad SMARTS) is 1. The van der Waals surface area contributed by atoms with E-state index in [-0.39, 0.29) is 5.92 Å². The van der Waals surface area contributed by atoms with Gasteiger partial charge < -0.3 is 10.8 Å². The standard InChI is InChI=1S/C16H25NO2/c1-4-5-6-8-11(2)14(16(18)19)13-10-7-9-12(3)15(13)17/h7,9-11,14H,4-6,8,17H2,1-3H3,(H,18,19). The molecule has 0 spiro atoms. The molecule has 2 atom stereocenters. The molecule has 1 rings (SSSR count). The minimum absolute atomic E-state index is 0.105. The number of benzene rings is 1. The van der Waals surface area contributed by atoms with E-state index in [2.05, 4.69) is 6.92 Å². The Bertz CT molecular complexity index is 429. The Morgan fingerprint density at radius 3 is 2.63 bits per heavy atom. The number of rotatable bonds is 7. The van der Waals surface area contributed by atoms with E-state index in [0.717, 1.165) is 36.8 Å². The molecule has 0 heterocycles. The van der Waals surface area contributed by atoms with Crippen LogP contribution in [0.25, 0.3) is 0 Å². The molecule has 3 heteroatoms. The summed E-state index contributed by atoms with van der Waals surface area (Å²) in [6.07, 6.45) is 4.31. The number of hydrogen-bond donors (Lipinski definition) is 2. The van der Waals surface area contributed by atoms with Crippen molar-refractivity contribution in [1.29, 1.82) is 0 Å². The molecular formula is C16H25NO2. The van der Waals surface area contributed by atoms with Crippen molar-refractivity contribution in [2.24, 2.45) is 5.92 Å². The van der Waals surface area contributed by atoms with Crippen molar-refractivity contribution in [1.82, 2.24) is 0 Å². The van der Waals surface area contributed by atoms with Gasteiger partial charge in [-0.05, 0) is 30.4 Å². The number of hydrogen-bond acceptors (Lipinski definition) is 2. The van der Waals surface area contributed by atoms with Crippen molar-refractivity contribution < 1.29 is 9.90 Å². The molecule has 0 radical (unpaired) electrons. The summed E-state index contributed by atoms with van der Waals surface area (Å²) in [6.45, 7) is 6.08. The van der Waals surface area contributed by atoms with Crippen LogP contribution in [0.4, 0.5) is 5.69 Å². The van der Waals surface area contributed by atoms with Crippen molar-refractivity contribution in [3.05, 3.63) is 29.3 Å². The largest absolute Gasteiger partial charge is 0.481 e. The van der Waals surface area contributed by atoms with Crippen LogP contribution < -0.4 is 5.73 Å². The van der Waals surface area contributed by atoms with Gasteiger partial charge in [0.15, 0.2) is 0 Å². The van der Waals surface area contributed by atoms with Crippen LogP contribution >= 0.6 is 0 Å². The lowest BCUT2D eigenvalue weighted by atomic mass is 9.82. The number of nitrogens with two attached hydrogens (primary N) is 1. The summed E-state index contributed by atoms with van der Waals surface area (Å²) in [4.78, 5) is 11.6. The van der Waals surface area contributed by atoms with Gasteiger partial charge in [-0.1, -0.05) is 51.3 Å². The third kappa shape index (κ3) is 3.98. The third-order valence-electron chi connectivity index (χ3n) is 3.79. The van der Waals surface area contributed by atoms with E-state index in [0.29, 0.717) is 5.69 Å². The Kier molecular flexibility index (Phi) is 5.87. The fraction of sp³-hybridized carbons (Fsp3) is 0.562. The van der Waals surface area contributed by atoms with Crippen molar-refractivity contribution in [3.8, 4) is 0 Å². The molecule has 0 aliphatic rings. The summed E-state index contributed by atoms with van der Waals surface area (Å²) in [7, 11) is 0. The highest BCUT2D eigenvalue weighted by atomic mass is 16.4. The maximum atomic E-state index is 11.6. The monoisotopic (exact) mass is 263 g/mol. The Morgan fingerprint density at radius 2 is 2.05 bits per heavy atom. The van der Waals surface area contributed by atoms with Gasteiger partial charge in [-0.15, -0.1) is 0 Å². The number of para-hydroxylation sites is 1. The van der Waals surface area contributed by atoms with Crippen LogP contribution in [0, 0.1) is 12.8 Å². The molecule has 0 aromatic heterocycles. The van der Waals surface area contributed by atoms with Crippen molar-refractivity contribution in [3.63, 3.8) is 0 Å². The highest BCUT2D eigenvalue weighted by Crippen LogP contribution is 2.33. The lowest BCUT2D eigenvalue weighted by Crippen LogP contribution is -2.21. The lowest BCUT2D eigenvalue weighted by molar-refractivity contribution is -0.140. The zero-order valence-corrected chi connectivity index (χ0v) is 12.1. The molecule has 0 saturated heterocycles. The van der Waals surface area contributed by atoms with Crippen LogP contribution in [0.3, 0.4) is 0 Å². The molecular weight excluding hydrogens is 238 g/mol. The van der Waals surface area contributed by atoms with Crippen molar-refractivity contribution in [2.45, 2.75) is 52.4 Å². The summed E-state index contributed by atoms with van der Waals surface area (Å²) in [5.74, 6) is -1.17. The maximum Gasteiger partial charge on any atom is 0.311 e. The number of aryl methyl sites for hydroxylation is 1. The number of nitrogen functional groups attached to an aromatic ring is 1. The third-order valence-corrected chi connectivity index (χ3v) is 3.79. The first-order chi connectivity index (χ1) is 8.99. The molecule has 106 valence electrons. The fourth-order valence-corrected chi connectivity index (χ4v) is 2.54. The second-order valence-corrected chi connectivity index (χ2v) is 5.37. The molecule has 3 N–H and O–H groups in total. The van der Waals surface area contributed by atoms with Gasteiger partial charge in [0.1, 0.15) is 0 Å². The second kappa shape index (κ2) is 7.17. The highest BCUT2D eigenvalue weighted by molar-refractivity contribution is 5.79. The molecule has 0 aliphatic carbocycles. The number of anilines is 1. The predicted octanol–water partition coefficient (Wildman–Crippen LogP) is 3.96. The molecule has 1 aromatic carbocycles. The zero-order valence-electron chi connectivity index (χ0n) is 12.1. The lowest BCUT2D eigenvalue weighted by Gasteiger charge is -2.22.